The molecule has 4 nitrogen and oxygen atoms in total. The molecule has 0 aliphatic heterocycles. The van der Waals surface area contributed by atoms with Crippen LogP contribution in [0.1, 0.15) is 10.7 Å². The van der Waals surface area contributed by atoms with Crippen LogP contribution in [0.4, 0.5) is 0 Å². The molecule has 1 heterocycles. The molecule has 0 spiro atoms. The molecule has 1 rings (SSSR count). The molecule has 3 N–H and O–H groups in total. The van der Waals surface area contributed by atoms with Gasteiger partial charge in [-0.1, -0.05) is 6.08 Å². The first-order valence-corrected chi connectivity index (χ1v) is 5.65. The second kappa shape index (κ2) is 6.31. The molecule has 0 aromatic carbocycles. The first-order chi connectivity index (χ1) is 7.26. The van der Waals surface area contributed by atoms with Gasteiger partial charge in [0.05, 0.1) is 12.1 Å². The molecule has 5 heteroatoms. The minimum atomic E-state index is -0.0245. The van der Waals surface area contributed by atoms with Crippen molar-refractivity contribution in [2.24, 2.45) is 5.73 Å². The number of nitrogens with one attached hydrogen (secondary N) is 1. The SMILES string of the molecule is C=CCNC(=O)Cc1nc(CCN)cs1. The van der Waals surface area contributed by atoms with E-state index in [-0.39, 0.29) is 5.91 Å². The second-order valence-corrected chi connectivity index (χ2v) is 3.98. The Morgan fingerprint density at radius 1 is 1.73 bits per heavy atom. The van der Waals surface area contributed by atoms with E-state index < -0.39 is 0 Å². The maximum absolute atomic E-state index is 11.3. The summed E-state index contributed by atoms with van der Waals surface area (Å²) in [6.07, 6.45) is 2.76. The fourth-order valence-electron chi connectivity index (χ4n) is 1.08. The van der Waals surface area contributed by atoms with Crippen LogP contribution in [-0.4, -0.2) is 24.0 Å². The van der Waals surface area contributed by atoms with Gasteiger partial charge in [0.1, 0.15) is 5.01 Å². The molecule has 0 unspecified atom stereocenters. The topological polar surface area (TPSA) is 68.0 Å². The molecule has 82 valence electrons. The molecule has 0 aliphatic carbocycles. The van der Waals surface area contributed by atoms with Crippen LogP contribution >= 0.6 is 11.3 Å². The minimum Gasteiger partial charge on any atom is -0.352 e. The fraction of sp³-hybridized carbons (Fsp3) is 0.400. The van der Waals surface area contributed by atoms with Crippen molar-refractivity contribution in [2.45, 2.75) is 12.8 Å². The lowest BCUT2D eigenvalue weighted by molar-refractivity contribution is -0.120. The Bertz CT molecular complexity index is 335. The first-order valence-electron chi connectivity index (χ1n) is 4.77. The number of hydrogen-bond donors (Lipinski definition) is 2. The molecule has 0 saturated carbocycles. The van der Waals surface area contributed by atoms with Gasteiger partial charge in [0, 0.05) is 18.3 Å². The Hall–Kier alpha value is -1.20. The van der Waals surface area contributed by atoms with Gasteiger partial charge in [0.2, 0.25) is 5.91 Å². The van der Waals surface area contributed by atoms with Gasteiger partial charge in [-0.15, -0.1) is 17.9 Å². The molecule has 0 bridgehead atoms. The predicted octanol–water partition coefficient (Wildman–Crippen LogP) is 0.489. The van der Waals surface area contributed by atoms with E-state index in [1.54, 1.807) is 6.08 Å². The minimum absolute atomic E-state index is 0.0245. The highest BCUT2D eigenvalue weighted by Crippen LogP contribution is 2.10. The first kappa shape index (κ1) is 11.9. The number of nitrogens with zero attached hydrogens (tertiary/aromatic N) is 1. The molecule has 0 radical (unpaired) electrons. The van der Waals surface area contributed by atoms with Gasteiger partial charge in [-0.25, -0.2) is 4.98 Å². The van der Waals surface area contributed by atoms with Gasteiger partial charge in [0.15, 0.2) is 0 Å². The van der Waals surface area contributed by atoms with Crippen LogP contribution < -0.4 is 11.1 Å². The number of nitrogens with two attached hydrogens (primary N) is 1. The lowest BCUT2D eigenvalue weighted by Gasteiger charge is -1.98. The largest absolute Gasteiger partial charge is 0.352 e. The van der Waals surface area contributed by atoms with Gasteiger partial charge in [-0.3, -0.25) is 4.79 Å². The Morgan fingerprint density at radius 3 is 3.20 bits per heavy atom. The zero-order valence-electron chi connectivity index (χ0n) is 8.53. The second-order valence-electron chi connectivity index (χ2n) is 3.04. The van der Waals surface area contributed by atoms with Crippen molar-refractivity contribution in [2.75, 3.05) is 13.1 Å². The van der Waals surface area contributed by atoms with Gasteiger partial charge in [-0.2, -0.15) is 0 Å². The molecule has 1 amide bonds. The number of rotatable bonds is 6. The molecule has 0 atom stereocenters. The number of hydrogen-bond acceptors (Lipinski definition) is 4. The Labute approximate surface area is 93.2 Å². The number of amides is 1. The van der Waals surface area contributed by atoms with E-state index in [9.17, 15) is 4.79 Å². The van der Waals surface area contributed by atoms with Crippen LogP contribution in [0.15, 0.2) is 18.0 Å². The third-order valence-electron chi connectivity index (χ3n) is 1.76. The third-order valence-corrected chi connectivity index (χ3v) is 2.65. The number of carbonyl (C=O) groups excluding carboxylic acids is 1. The van der Waals surface area contributed by atoms with E-state index in [4.69, 9.17) is 5.73 Å². The van der Waals surface area contributed by atoms with Crippen LogP contribution in [0.3, 0.4) is 0 Å². The van der Waals surface area contributed by atoms with Gasteiger partial charge in [0.25, 0.3) is 0 Å². The van der Waals surface area contributed by atoms with Crippen molar-refractivity contribution >= 4 is 17.2 Å². The van der Waals surface area contributed by atoms with Crippen LogP contribution in [0, 0.1) is 0 Å². The quantitative estimate of drug-likeness (QED) is 0.692. The van der Waals surface area contributed by atoms with Crippen molar-refractivity contribution in [1.82, 2.24) is 10.3 Å². The maximum Gasteiger partial charge on any atom is 0.227 e. The molecule has 15 heavy (non-hydrogen) atoms. The summed E-state index contributed by atoms with van der Waals surface area (Å²) in [7, 11) is 0. The highest BCUT2D eigenvalue weighted by atomic mass is 32.1. The molecule has 0 saturated heterocycles. The Balaban J connectivity index is 2.42. The highest BCUT2D eigenvalue weighted by molar-refractivity contribution is 7.09. The van der Waals surface area contributed by atoms with Crippen LogP contribution in [0.5, 0.6) is 0 Å². The molecule has 1 aromatic heterocycles. The van der Waals surface area contributed by atoms with E-state index in [1.165, 1.54) is 11.3 Å². The lowest BCUT2D eigenvalue weighted by Crippen LogP contribution is -2.24. The summed E-state index contributed by atoms with van der Waals surface area (Å²) in [6.45, 7) is 4.62. The van der Waals surface area contributed by atoms with Gasteiger partial charge in [-0.05, 0) is 6.54 Å². The molecular formula is C10H15N3OS. The van der Waals surface area contributed by atoms with Crippen LogP contribution in [-0.2, 0) is 17.6 Å². The lowest BCUT2D eigenvalue weighted by atomic mass is 10.3. The fourth-order valence-corrected chi connectivity index (χ4v) is 1.91. The molecule has 1 aromatic rings. The van der Waals surface area contributed by atoms with Crippen molar-refractivity contribution < 1.29 is 4.79 Å². The summed E-state index contributed by atoms with van der Waals surface area (Å²) in [5.41, 5.74) is 6.38. The summed E-state index contributed by atoms with van der Waals surface area (Å²) in [6, 6.07) is 0. The average Bonchev–Trinajstić information content (AvgIpc) is 2.63. The van der Waals surface area contributed by atoms with Crippen molar-refractivity contribution in [1.29, 1.82) is 0 Å². The number of carbonyl (C=O) groups is 1. The smallest absolute Gasteiger partial charge is 0.227 e. The summed E-state index contributed by atoms with van der Waals surface area (Å²) < 4.78 is 0. The highest BCUT2D eigenvalue weighted by Gasteiger charge is 2.06. The zero-order chi connectivity index (χ0) is 11.1. The number of thiazole rings is 1. The Kier molecular flexibility index (Phi) is 5.00. The van der Waals surface area contributed by atoms with Crippen molar-refractivity contribution in [3.05, 3.63) is 28.7 Å². The van der Waals surface area contributed by atoms with Crippen LogP contribution in [0.25, 0.3) is 0 Å². The molecular weight excluding hydrogens is 210 g/mol. The van der Waals surface area contributed by atoms with Crippen molar-refractivity contribution in [3.8, 4) is 0 Å². The van der Waals surface area contributed by atoms with E-state index in [0.29, 0.717) is 19.5 Å². The summed E-state index contributed by atoms with van der Waals surface area (Å²) in [5.74, 6) is -0.0245. The average molecular weight is 225 g/mol. The normalized spacial score (nSPS) is 9.93. The van der Waals surface area contributed by atoms with E-state index in [0.717, 1.165) is 17.1 Å². The van der Waals surface area contributed by atoms with Gasteiger partial charge >= 0.3 is 0 Å². The predicted molar refractivity (Wildman–Crippen MR) is 61.8 cm³/mol. The summed E-state index contributed by atoms with van der Waals surface area (Å²) in [5, 5.41) is 5.49. The number of aromatic nitrogens is 1. The standard InChI is InChI=1S/C10H15N3OS/c1-2-5-12-9(14)6-10-13-8(3-4-11)7-15-10/h2,7H,1,3-6,11H2,(H,12,14). The Morgan fingerprint density at radius 2 is 2.53 bits per heavy atom. The van der Waals surface area contributed by atoms with E-state index >= 15 is 0 Å². The zero-order valence-corrected chi connectivity index (χ0v) is 9.35. The van der Waals surface area contributed by atoms with E-state index in [1.807, 2.05) is 5.38 Å². The monoisotopic (exact) mass is 225 g/mol. The summed E-state index contributed by atoms with van der Waals surface area (Å²) in [4.78, 5) is 15.6. The van der Waals surface area contributed by atoms with E-state index in [2.05, 4.69) is 16.9 Å². The van der Waals surface area contributed by atoms with Crippen LogP contribution in [0.2, 0.25) is 0 Å². The third kappa shape index (κ3) is 4.22. The summed E-state index contributed by atoms with van der Waals surface area (Å²) >= 11 is 1.50. The molecule has 0 fully saturated rings. The van der Waals surface area contributed by atoms with Crippen molar-refractivity contribution in [3.63, 3.8) is 0 Å². The van der Waals surface area contributed by atoms with Gasteiger partial charge < -0.3 is 11.1 Å². The maximum atomic E-state index is 11.3. The molecule has 0 aliphatic rings.